The summed E-state index contributed by atoms with van der Waals surface area (Å²) in [5.41, 5.74) is 3.03. The van der Waals surface area contributed by atoms with Crippen LogP contribution in [0.2, 0.25) is 0 Å². The first-order valence-electron chi connectivity index (χ1n) is 7.37. The van der Waals surface area contributed by atoms with Gasteiger partial charge in [-0.3, -0.25) is 0 Å². The van der Waals surface area contributed by atoms with E-state index in [1.165, 1.54) is 11.1 Å². The first kappa shape index (κ1) is 16.2. The minimum atomic E-state index is 0.339. The third kappa shape index (κ3) is 8.02. The van der Waals surface area contributed by atoms with Crippen LogP contribution in [0, 0.1) is 5.41 Å². The van der Waals surface area contributed by atoms with E-state index in [9.17, 15) is 0 Å². The molecule has 0 radical (unpaired) electrons. The van der Waals surface area contributed by atoms with E-state index in [1.54, 1.807) is 0 Å². The average Bonchev–Trinajstić information content (AvgIpc) is 2.32. The molecule has 1 N–H and O–H groups in total. The Hall–Kier alpha value is -0.860. The van der Waals surface area contributed by atoms with Crippen LogP contribution in [-0.2, 0) is 17.8 Å². The number of nitrogens with one attached hydrogen (secondary N) is 1. The highest BCUT2D eigenvalue weighted by Gasteiger charge is 2.11. The molecule has 1 rings (SSSR count). The number of rotatable bonds is 8. The predicted molar refractivity (Wildman–Crippen MR) is 82.4 cm³/mol. The smallest absolute Gasteiger partial charge is 0.0716 e. The summed E-state index contributed by atoms with van der Waals surface area (Å²) in [6.07, 6.45) is 2.19. The van der Waals surface area contributed by atoms with Gasteiger partial charge in [0, 0.05) is 6.61 Å². The summed E-state index contributed by atoms with van der Waals surface area (Å²) >= 11 is 0. The van der Waals surface area contributed by atoms with Gasteiger partial charge in [-0.05, 0) is 42.5 Å². The SMILES string of the molecule is CCNCCCOCc1cccc(CC(C)(C)C)c1. The van der Waals surface area contributed by atoms with Crippen molar-refractivity contribution in [1.82, 2.24) is 5.32 Å². The van der Waals surface area contributed by atoms with Gasteiger partial charge in [-0.15, -0.1) is 0 Å². The van der Waals surface area contributed by atoms with E-state index in [4.69, 9.17) is 4.74 Å². The molecule has 0 fully saturated rings. The average molecular weight is 263 g/mol. The molecule has 19 heavy (non-hydrogen) atoms. The van der Waals surface area contributed by atoms with Gasteiger partial charge in [0.1, 0.15) is 0 Å². The third-order valence-electron chi connectivity index (χ3n) is 2.89. The molecule has 108 valence electrons. The zero-order valence-electron chi connectivity index (χ0n) is 13.0. The molecular formula is C17H29NO. The van der Waals surface area contributed by atoms with Crippen LogP contribution in [-0.4, -0.2) is 19.7 Å². The van der Waals surface area contributed by atoms with Crippen molar-refractivity contribution in [2.75, 3.05) is 19.7 Å². The summed E-state index contributed by atoms with van der Waals surface area (Å²) in [5.74, 6) is 0. The molecule has 0 heterocycles. The Bertz CT molecular complexity index is 355. The Morgan fingerprint density at radius 3 is 2.58 bits per heavy atom. The van der Waals surface area contributed by atoms with E-state index in [0.717, 1.165) is 39.1 Å². The lowest BCUT2D eigenvalue weighted by Crippen LogP contribution is -2.15. The first-order valence-corrected chi connectivity index (χ1v) is 7.37. The lowest BCUT2D eigenvalue weighted by Gasteiger charge is -2.18. The monoisotopic (exact) mass is 263 g/mol. The van der Waals surface area contributed by atoms with Crippen molar-refractivity contribution in [3.8, 4) is 0 Å². The van der Waals surface area contributed by atoms with Crippen LogP contribution in [0.3, 0.4) is 0 Å². The van der Waals surface area contributed by atoms with Gasteiger partial charge < -0.3 is 10.1 Å². The predicted octanol–water partition coefficient (Wildman–Crippen LogP) is 3.79. The van der Waals surface area contributed by atoms with Crippen LogP contribution < -0.4 is 5.32 Å². The minimum absolute atomic E-state index is 0.339. The summed E-state index contributed by atoms with van der Waals surface area (Å²) in [5, 5.41) is 3.30. The molecule has 2 nitrogen and oxygen atoms in total. The van der Waals surface area contributed by atoms with Gasteiger partial charge in [-0.25, -0.2) is 0 Å². The zero-order chi connectivity index (χ0) is 14.1. The molecule has 1 aromatic rings. The van der Waals surface area contributed by atoms with Crippen molar-refractivity contribution in [3.63, 3.8) is 0 Å². The van der Waals surface area contributed by atoms with Crippen molar-refractivity contribution in [2.45, 2.75) is 47.1 Å². The molecule has 0 unspecified atom stereocenters. The van der Waals surface area contributed by atoms with Gasteiger partial charge in [-0.1, -0.05) is 52.0 Å². The van der Waals surface area contributed by atoms with Crippen molar-refractivity contribution < 1.29 is 4.74 Å². The Morgan fingerprint density at radius 1 is 1.16 bits per heavy atom. The maximum absolute atomic E-state index is 5.71. The van der Waals surface area contributed by atoms with Crippen molar-refractivity contribution in [1.29, 1.82) is 0 Å². The molecule has 1 aromatic carbocycles. The second-order valence-corrected chi connectivity index (χ2v) is 6.32. The number of ether oxygens (including phenoxy) is 1. The van der Waals surface area contributed by atoms with E-state index < -0.39 is 0 Å². The van der Waals surface area contributed by atoms with Crippen molar-refractivity contribution in [2.24, 2.45) is 5.41 Å². The molecule has 2 heteroatoms. The standard InChI is InChI=1S/C17H29NO/c1-5-18-10-7-11-19-14-16-9-6-8-15(12-16)13-17(2,3)4/h6,8-9,12,18H,5,7,10-11,13-14H2,1-4H3. The van der Waals surface area contributed by atoms with Gasteiger partial charge in [0.25, 0.3) is 0 Å². The van der Waals surface area contributed by atoms with Crippen LogP contribution in [0.5, 0.6) is 0 Å². The van der Waals surface area contributed by atoms with Gasteiger partial charge >= 0.3 is 0 Å². The summed E-state index contributed by atoms with van der Waals surface area (Å²) < 4.78 is 5.71. The second kappa shape index (κ2) is 8.34. The summed E-state index contributed by atoms with van der Waals surface area (Å²) in [6.45, 7) is 12.6. The molecule has 0 saturated heterocycles. The molecule has 0 aliphatic heterocycles. The highest BCUT2D eigenvalue weighted by atomic mass is 16.5. The van der Waals surface area contributed by atoms with Gasteiger partial charge in [-0.2, -0.15) is 0 Å². The van der Waals surface area contributed by atoms with E-state index in [1.807, 2.05) is 0 Å². The Morgan fingerprint density at radius 2 is 1.89 bits per heavy atom. The van der Waals surface area contributed by atoms with E-state index in [2.05, 4.69) is 57.3 Å². The maximum atomic E-state index is 5.71. The molecule has 0 bridgehead atoms. The Kier molecular flexibility index (Phi) is 7.11. The molecule has 0 atom stereocenters. The number of hydrogen-bond donors (Lipinski definition) is 1. The molecule has 0 spiro atoms. The van der Waals surface area contributed by atoms with Crippen LogP contribution in [0.4, 0.5) is 0 Å². The quantitative estimate of drug-likeness (QED) is 0.720. The molecule has 0 aliphatic carbocycles. The fourth-order valence-corrected chi connectivity index (χ4v) is 2.11. The number of hydrogen-bond acceptors (Lipinski definition) is 2. The largest absolute Gasteiger partial charge is 0.377 e. The first-order chi connectivity index (χ1) is 9.01. The zero-order valence-corrected chi connectivity index (χ0v) is 13.0. The van der Waals surface area contributed by atoms with E-state index in [-0.39, 0.29) is 0 Å². The fourth-order valence-electron chi connectivity index (χ4n) is 2.11. The second-order valence-electron chi connectivity index (χ2n) is 6.32. The highest BCUT2D eigenvalue weighted by molar-refractivity contribution is 5.23. The van der Waals surface area contributed by atoms with Crippen molar-refractivity contribution in [3.05, 3.63) is 35.4 Å². The number of benzene rings is 1. The summed E-state index contributed by atoms with van der Waals surface area (Å²) in [4.78, 5) is 0. The van der Waals surface area contributed by atoms with Crippen LogP contribution in [0.15, 0.2) is 24.3 Å². The van der Waals surface area contributed by atoms with Gasteiger partial charge in [0.2, 0.25) is 0 Å². The summed E-state index contributed by atoms with van der Waals surface area (Å²) in [6, 6.07) is 8.77. The Balaban J connectivity index is 2.32. The van der Waals surface area contributed by atoms with Crippen LogP contribution in [0.25, 0.3) is 0 Å². The van der Waals surface area contributed by atoms with Crippen LogP contribution >= 0.6 is 0 Å². The maximum Gasteiger partial charge on any atom is 0.0716 e. The molecule has 0 aliphatic rings. The lowest BCUT2D eigenvalue weighted by molar-refractivity contribution is 0.118. The van der Waals surface area contributed by atoms with Crippen molar-refractivity contribution >= 4 is 0 Å². The van der Waals surface area contributed by atoms with E-state index in [0.29, 0.717) is 5.41 Å². The molecule has 0 aromatic heterocycles. The molecule has 0 amide bonds. The fraction of sp³-hybridized carbons (Fsp3) is 0.647. The topological polar surface area (TPSA) is 21.3 Å². The summed E-state index contributed by atoms with van der Waals surface area (Å²) in [7, 11) is 0. The van der Waals surface area contributed by atoms with Gasteiger partial charge in [0.05, 0.1) is 6.61 Å². The normalized spacial score (nSPS) is 11.8. The molecular weight excluding hydrogens is 234 g/mol. The minimum Gasteiger partial charge on any atom is -0.377 e. The Labute approximate surface area is 118 Å². The van der Waals surface area contributed by atoms with E-state index >= 15 is 0 Å². The van der Waals surface area contributed by atoms with Crippen LogP contribution in [0.1, 0.15) is 45.2 Å². The molecule has 0 saturated carbocycles. The lowest BCUT2D eigenvalue weighted by atomic mass is 9.88. The third-order valence-corrected chi connectivity index (χ3v) is 2.89. The van der Waals surface area contributed by atoms with Gasteiger partial charge in [0.15, 0.2) is 0 Å². The highest BCUT2D eigenvalue weighted by Crippen LogP contribution is 2.21.